The molecule has 2 atom stereocenters. The molecule has 0 spiro atoms. The Bertz CT molecular complexity index is 936. The lowest BCUT2D eigenvalue weighted by molar-refractivity contribution is -0.384. The van der Waals surface area contributed by atoms with Crippen molar-refractivity contribution in [3.8, 4) is 0 Å². The second-order valence-corrected chi connectivity index (χ2v) is 8.18. The van der Waals surface area contributed by atoms with Gasteiger partial charge in [0.1, 0.15) is 10.4 Å². The van der Waals surface area contributed by atoms with Crippen LogP contribution in [-0.2, 0) is 15.6 Å². The summed E-state index contributed by atoms with van der Waals surface area (Å²) in [5.41, 5.74) is -1.27. The minimum atomic E-state index is -3.90. The molecule has 0 radical (unpaired) electrons. The van der Waals surface area contributed by atoms with Crippen molar-refractivity contribution in [3.05, 3.63) is 62.6 Å². The molecule has 1 fully saturated rings. The van der Waals surface area contributed by atoms with E-state index in [0.717, 1.165) is 28.6 Å². The summed E-state index contributed by atoms with van der Waals surface area (Å²) in [6.45, 7) is 1.65. The van der Waals surface area contributed by atoms with Crippen LogP contribution in [0.25, 0.3) is 0 Å². The summed E-state index contributed by atoms with van der Waals surface area (Å²) in [5, 5.41) is 10.7. The van der Waals surface area contributed by atoms with Crippen molar-refractivity contribution in [2.24, 2.45) is 0 Å². The molecule has 0 bridgehead atoms. The van der Waals surface area contributed by atoms with Crippen LogP contribution in [-0.4, -0.2) is 29.2 Å². The number of benzene rings is 1. The lowest BCUT2D eigenvalue weighted by Crippen LogP contribution is -2.22. The van der Waals surface area contributed by atoms with Crippen molar-refractivity contribution in [3.63, 3.8) is 0 Å². The van der Waals surface area contributed by atoms with E-state index in [0.29, 0.717) is 4.60 Å². The molecule has 7 nitrogen and oxygen atoms in total. The Labute approximate surface area is 145 Å². The van der Waals surface area contributed by atoms with Gasteiger partial charge in [-0.05, 0) is 47.1 Å². The third-order valence-corrected chi connectivity index (χ3v) is 6.28. The Morgan fingerprint density at radius 3 is 2.50 bits per heavy atom. The molecule has 24 heavy (non-hydrogen) atoms. The maximum atomic E-state index is 14.0. The summed E-state index contributed by atoms with van der Waals surface area (Å²) in [4.78, 5) is 14.0. The molecular weight excluding hydrogens is 405 g/mol. The van der Waals surface area contributed by atoms with E-state index in [9.17, 15) is 22.9 Å². The lowest BCUT2D eigenvalue weighted by Gasteiger charge is -2.13. The van der Waals surface area contributed by atoms with Crippen LogP contribution in [0, 0.1) is 15.9 Å². The largest absolute Gasteiger partial charge is 0.269 e. The molecule has 2 unspecified atom stereocenters. The van der Waals surface area contributed by atoms with Crippen LogP contribution in [0.2, 0.25) is 0 Å². The van der Waals surface area contributed by atoms with Crippen molar-refractivity contribution in [1.82, 2.24) is 9.29 Å². The number of nitrogens with zero attached hydrogens (tertiary/aromatic N) is 3. The normalized spacial score (nSPS) is 23.0. The number of halogens is 2. The van der Waals surface area contributed by atoms with Crippen molar-refractivity contribution in [2.75, 3.05) is 6.54 Å². The van der Waals surface area contributed by atoms with Crippen LogP contribution in [0.1, 0.15) is 12.6 Å². The highest BCUT2D eigenvalue weighted by Gasteiger charge is 2.58. The van der Waals surface area contributed by atoms with Gasteiger partial charge in [0.15, 0.2) is 0 Å². The molecule has 1 aliphatic heterocycles. The quantitative estimate of drug-likeness (QED) is 0.331. The Balaban J connectivity index is 1.95. The predicted molar refractivity (Wildman–Crippen MR) is 86.2 cm³/mol. The number of rotatable bonds is 4. The topological polar surface area (TPSA) is 93.2 Å². The first-order valence-electron chi connectivity index (χ1n) is 6.76. The van der Waals surface area contributed by atoms with Gasteiger partial charge in [-0.1, -0.05) is 0 Å². The van der Waals surface area contributed by atoms with E-state index in [4.69, 9.17) is 0 Å². The van der Waals surface area contributed by atoms with Crippen molar-refractivity contribution < 1.29 is 17.7 Å². The van der Waals surface area contributed by atoms with Crippen molar-refractivity contribution >= 4 is 31.6 Å². The highest BCUT2D eigenvalue weighted by Crippen LogP contribution is 2.46. The molecule has 1 aromatic heterocycles. The molecular formula is C14H11BrFN3O4S. The minimum absolute atomic E-state index is 0.0300. The number of hydrogen-bond acceptors (Lipinski definition) is 5. The smallest absolute Gasteiger partial charge is 0.258 e. The number of aromatic nitrogens is 1. The standard InChI is InChI=1S/C14H11BrFN3O4S/c1-14(13-11(16)6-7-12(15)17-13)8-18(14)24(22,23)10-4-2-9(3-5-10)19(20)21/h2-7H,8H2,1H3. The third kappa shape index (κ3) is 2.70. The van der Waals surface area contributed by atoms with E-state index < -0.39 is 26.3 Å². The zero-order valence-corrected chi connectivity index (χ0v) is 14.7. The molecule has 126 valence electrons. The van der Waals surface area contributed by atoms with Crippen LogP contribution in [0.4, 0.5) is 10.1 Å². The number of nitro groups is 1. The molecule has 2 aromatic rings. The Morgan fingerprint density at radius 2 is 1.92 bits per heavy atom. The highest BCUT2D eigenvalue weighted by molar-refractivity contribution is 9.10. The molecule has 3 rings (SSSR count). The summed E-state index contributed by atoms with van der Waals surface area (Å²) in [7, 11) is -3.90. The van der Waals surface area contributed by atoms with Crippen molar-refractivity contribution in [1.29, 1.82) is 0 Å². The Kier molecular flexibility index (Phi) is 3.93. The van der Waals surface area contributed by atoms with E-state index in [-0.39, 0.29) is 22.8 Å². The molecule has 1 aromatic carbocycles. The number of pyridine rings is 1. The first-order valence-corrected chi connectivity index (χ1v) is 8.99. The van der Waals surface area contributed by atoms with Crippen molar-refractivity contribution in [2.45, 2.75) is 17.4 Å². The van der Waals surface area contributed by atoms with Gasteiger partial charge in [-0.2, -0.15) is 4.31 Å². The van der Waals surface area contributed by atoms with Gasteiger partial charge in [0, 0.05) is 18.7 Å². The molecule has 0 amide bonds. The summed E-state index contributed by atoms with van der Waals surface area (Å²) >= 11 is 3.14. The second kappa shape index (κ2) is 5.57. The van der Waals surface area contributed by atoms with Crippen LogP contribution in [0.15, 0.2) is 45.9 Å². The van der Waals surface area contributed by atoms with Gasteiger partial charge >= 0.3 is 0 Å². The van der Waals surface area contributed by atoms with Gasteiger partial charge in [0.2, 0.25) is 10.0 Å². The maximum Gasteiger partial charge on any atom is 0.269 e. The zero-order valence-electron chi connectivity index (χ0n) is 12.3. The van der Waals surface area contributed by atoms with E-state index in [1.165, 1.54) is 12.1 Å². The fraction of sp³-hybridized carbons (Fsp3) is 0.214. The van der Waals surface area contributed by atoms with Crippen LogP contribution in [0.5, 0.6) is 0 Å². The zero-order chi connectivity index (χ0) is 17.7. The molecule has 1 saturated heterocycles. The maximum absolute atomic E-state index is 14.0. The molecule has 0 aliphatic carbocycles. The fourth-order valence-corrected chi connectivity index (χ4v) is 4.53. The van der Waals surface area contributed by atoms with Gasteiger partial charge in [-0.3, -0.25) is 10.1 Å². The Morgan fingerprint density at radius 1 is 1.29 bits per heavy atom. The van der Waals surface area contributed by atoms with E-state index in [1.807, 2.05) is 0 Å². The molecule has 0 N–H and O–H groups in total. The van der Waals surface area contributed by atoms with Gasteiger partial charge in [0.05, 0.1) is 21.1 Å². The number of non-ortho nitro benzene ring substituents is 1. The lowest BCUT2D eigenvalue weighted by atomic mass is 10.1. The fourth-order valence-electron chi connectivity index (χ4n) is 2.45. The summed E-state index contributed by atoms with van der Waals surface area (Å²) in [6, 6.07) is 7.21. The molecule has 10 heteroatoms. The number of sulfonamides is 1. The average Bonchev–Trinajstić information content (AvgIpc) is 3.24. The first-order chi connectivity index (χ1) is 11.2. The van der Waals surface area contributed by atoms with Crippen LogP contribution >= 0.6 is 15.9 Å². The first kappa shape index (κ1) is 16.9. The number of nitro benzene ring substituents is 1. The van der Waals surface area contributed by atoms with Gasteiger partial charge in [-0.25, -0.2) is 17.8 Å². The molecule has 1 aliphatic rings. The van der Waals surface area contributed by atoms with Gasteiger partial charge in [-0.15, -0.1) is 0 Å². The summed E-state index contributed by atoms with van der Waals surface area (Å²) < 4.78 is 40.9. The van der Waals surface area contributed by atoms with Crippen LogP contribution < -0.4 is 0 Å². The van der Waals surface area contributed by atoms with Gasteiger partial charge < -0.3 is 0 Å². The summed E-state index contributed by atoms with van der Waals surface area (Å²) in [6.07, 6.45) is 0. The second-order valence-electron chi connectivity index (χ2n) is 5.50. The van der Waals surface area contributed by atoms with E-state index >= 15 is 0 Å². The van der Waals surface area contributed by atoms with Crippen LogP contribution in [0.3, 0.4) is 0 Å². The van der Waals surface area contributed by atoms with E-state index in [1.54, 1.807) is 6.92 Å². The average molecular weight is 416 g/mol. The van der Waals surface area contributed by atoms with Gasteiger partial charge in [0.25, 0.3) is 5.69 Å². The number of hydrogen-bond donors (Lipinski definition) is 0. The Hall–Kier alpha value is -1.91. The molecule has 0 saturated carbocycles. The molecule has 2 heterocycles. The third-order valence-electron chi connectivity index (χ3n) is 3.86. The predicted octanol–water partition coefficient (Wildman–Crippen LogP) is 2.81. The monoisotopic (exact) mass is 415 g/mol. The minimum Gasteiger partial charge on any atom is -0.258 e. The van der Waals surface area contributed by atoms with E-state index in [2.05, 4.69) is 20.9 Å². The summed E-state index contributed by atoms with van der Waals surface area (Å²) in [5.74, 6) is -0.595. The highest BCUT2D eigenvalue weighted by atomic mass is 79.9. The SMILES string of the molecule is CC1(c2nc(Br)ccc2F)CN1S(=O)(=O)c1ccc([N+](=O)[O-])cc1.